The lowest BCUT2D eigenvalue weighted by atomic mass is 10.2. The molecule has 0 aromatic heterocycles. The Balaban J connectivity index is 1.73. The standard InChI is InChI=1S/C16H14N2O3S/c1-21-11-8-6-10(7-9-11)17-15(19)14-16(20)18-12-4-2-3-5-13(12)22-14/h2-9,14H,1H3,(H,17,19)(H,18,20). The zero-order chi connectivity index (χ0) is 15.5. The van der Waals surface area contributed by atoms with Crippen LogP contribution in [0.25, 0.3) is 0 Å². The lowest BCUT2D eigenvalue weighted by Gasteiger charge is -2.23. The summed E-state index contributed by atoms with van der Waals surface area (Å²) in [7, 11) is 1.58. The number of fused-ring (bicyclic) bond motifs is 1. The van der Waals surface area contributed by atoms with Gasteiger partial charge in [-0.2, -0.15) is 0 Å². The van der Waals surface area contributed by atoms with Crippen LogP contribution < -0.4 is 15.4 Å². The number of hydrogen-bond acceptors (Lipinski definition) is 4. The molecular formula is C16H14N2O3S. The zero-order valence-electron chi connectivity index (χ0n) is 11.8. The summed E-state index contributed by atoms with van der Waals surface area (Å²) in [5.74, 6) is 0.0496. The van der Waals surface area contributed by atoms with Crippen molar-refractivity contribution in [3.63, 3.8) is 0 Å². The number of nitrogens with one attached hydrogen (secondary N) is 2. The van der Waals surface area contributed by atoms with Crippen molar-refractivity contribution in [3.05, 3.63) is 48.5 Å². The fraction of sp³-hybridized carbons (Fsp3) is 0.125. The normalized spacial score (nSPS) is 16.4. The Kier molecular flexibility index (Phi) is 4.02. The summed E-state index contributed by atoms with van der Waals surface area (Å²) in [6.45, 7) is 0. The molecule has 0 aliphatic carbocycles. The molecule has 1 heterocycles. The lowest BCUT2D eigenvalue weighted by Crippen LogP contribution is -2.38. The van der Waals surface area contributed by atoms with Crippen LogP contribution in [0, 0.1) is 0 Å². The molecule has 0 bridgehead atoms. The van der Waals surface area contributed by atoms with Crippen LogP contribution >= 0.6 is 11.8 Å². The van der Waals surface area contributed by atoms with E-state index in [-0.39, 0.29) is 11.8 Å². The number of methoxy groups -OCH3 is 1. The molecule has 1 aliphatic heterocycles. The van der Waals surface area contributed by atoms with E-state index in [1.54, 1.807) is 31.4 Å². The molecule has 6 heteroatoms. The molecule has 1 unspecified atom stereocenters. The highest BCUT2D eigenvalue weighted by molar-refractivity contribution is 8.01. The minimum atomic E-state index is -0.808. The summed E-state index contributed by atoms with van der Waals surface area (Å²) in [5.41, 5.74) is 1.36. The number of amides is 2. The topological polar surface area (TPSA) is 67.4 Å². The SMILES string of the molecule is COc1ccc(NC(=O)C2Sc3ccccc3NC2=O)cc1. The average Bonchev–Trinajstić information content (AvgIpc) is 2.54. The number of carbonyl (C=O) groups is 2. The highest BCUT2D eigenvalue weighted by atomic mass is 32.2. The quantitative estimate of drug-likeness (QED) is 0.855. The Morgan fingerprint density at radius 3 is 2.64 bits per heavy atom. The van der Waals surface area contributed by atoms with E-state index in [0.717, 1.165) is 10.6 Å². The number of anilines is 2. The maximum atomic E-state index is 12.3. The third kappa shape index (κ3) is 2.92. The van der Waals surface area contributed by atoms with E-state index < -0.39 is 5.25 Å². The summed E-state index contributed by atoms with van der Waals surface area (Å²) in [6, 6.07) is 14.4. The molecule has 2 N–H and O–H groups in total. The summed E-state index contributed by atoms with van der Waals surface area (Å²) >= 11 is 1.25. The predicted octanol–water partition coefficient (Wildman–Crippen LogP) is 2.75. The maximum absolute atomic E-state index is 12.3. The van der Waals surface area contributed by atoms with Crippen molar-refractivity contribution in [3.8, 4) is 5.75 Å². The average molecular weight is 314 g/mol. The molecule has 0 radical (unpaired) electrons. The number of hydrogen-bond donors (Lipinski definition) is 2. The van der Waals surface area contributed by atoms with Crippen LogP contribution in [0.15, 0.2) is 53.4 Å². The van der Waals surface area contributed by atoms with Crippen LogP contribution in [0.5, 0.6) is 5.75 Å². The van der Waals surface area contributed by atoms with Gasteiger partial charge in [-0.3, -0.25) is 9.59 Å². The fourth-order valence-electron chi connectivity index (χ4n) is 2.11. The Bertz CT molecular complexity index is 716. The van der Waals surface area contributed by atoms with Gasteiger partial charge in [0.05, 0.1) is 12.8 Å². The van der Waals surface area contributed by atoms with Crippen molar-refractivity contribution in [2.45, 2.75) is 10.1 Å². The molecule has 2 aromatic carbocycles. The monoisotopic (exact) mass is 314 g/mol. The molecule has 112 valence electrons. The Labute approximate surface area is 132 Å². The van der Waals surface area contributed by atoms with E-state index in [9.17, 15) is 9.59 Å². The second-order valence-electron chi connectivity index (χ2n) is 4.70. The number of para-hydroxylation sites is 1. The summed E-state index contributed by atoms with van der Waals surface area (Å²) in [6.07, 6.45) is 0. The number of benzene rings is 2. The molecule has 0 spiro atoms. The van der Waals surface area contributed by atoms with Gasteiger partial charge in [0.15, 0.2) is 5.25 Å². The third-order valence-corrected chi connectivity index (χ3v) is 4.50. The van der Waals surface area contributed by atoms with Crippen LogP contribution in [0.1, 0.15) is 0 Å². The highest BCUT2D eigenvalue weighted by Gasteiger charge is 2.32. The zero-order valence-corrected chi connectivity index (χ0v) is 12.6. The van der Waals surface area contributed by atoms with E-state index in [2.05, 4.69) is 10.6 Å². The van der Waals surface area contributed by atoms with Crippen molar-refractivity contribution >= 4 is 35.0 Å². The first kappa shape index (κ1) is 14.5. The van der Waals surface area contributed by atoms with Crippen LogP contribution in [-0.4, -0.2) is 24.2 Å². The first-order valence-electron chi connectivity index (χ1n) is 6.69. The molecule has 0 fully saturated rings. The third-order valence-electron chi connectivity index (χ3n) is 3.22. The van der Waals surface area contributed by atoms with E-state index in [0.29, 0.717) is 11.4 Å². The fourth-order valence-corrected chi connectivity index (χ4v) is 3.10. The van der Waals surface area contributed by atoms with Gasteiger partial charge in [0.1, 0.15) is 5.75 Å². The maximum Gasteiger partial charge on any atom is 0.247 e. The van der Waals surface area contributed by atoms with E-state index in [1.165, 1.54) is 11.8 Å². The Morgan fingerprint density at radius 2 is 1.91 bits per heavy atom. The van der Waals surface area contributed by atoms with Gasteiger partial charge in [-0.15, -0.1) is 11.8 Å². The first-order valence-corrected chi connectivity index (χ1v) is 7.57. The molecule has 0 saturated carbocycles. The van der Waals surface area contributed by atoms with Gasteiger partial charge < -0.3 is 15.4 Å². The van der Waals surface area contributed by atoms with Crippen LogP contribution in [0.4, 0.5) is 11.4 Å². The predicted molar refractivity (Wildman–Crippen MR) is 86.3 cm³/mol. The number of rotatable bonds is 3. The van der Waals surface area contributed by atoms with E-state index in [4.69, 9.17) is 4.74 Å². The van der Waals surface area contributed by atoms with E-state index >= 15 is 0 Å². The van der Waals surface area contributed by atoms with Gasteiger partial charge >= 0.3 is 0 Å². The van der Waals surface area contributed by atoms with Gasteiger partial charge in [-0.05, 0) is 36.4 Å². The molecule has 1 atom stereocenters. The molecule has 22 heavy (non-hydrogen) atoms. The lowest BCUT2D eigenvalue weighted by molar-refractivity contribution is -0.123. The largest absolute Gasteiger partial charge is 0.497 e. The van der Waals surface area contributed by atoms with Crippen LogP contribution in [0.2, 0.25) is 0 Å². The smallest absolute Gasteiger partial charge is 0.247 e. The van der Waals surface area contributed by atoms with Gasteiger partial charge in [0, 0.05) is 10.6 Å². The molecule has 5 nitrogen and oxygen atoms in total. The molecule has 2 amide bonds. The number of ether oxygens (including phenoxy) is 1. The number of thioether (sulfide) groups is 1. The first-order chi connectivity index (χ1) is 10.7. The molecule has 0 saturated heterocycles. The summed E-state index contributed by atoms with van der Waals surface area (Å²) in [4.78, 5) is 25.3. The Morgan fingerprint density at radius 1 is 1.18 bits per heavy atom. The molecule has 3 rings (SSSR count). The minimum absolute atomic E-state index is 0.310. The molecular weight excluding hydrogens is 300 g/mol. The molecule has 2 aromatic rings. The van der Waals surface area contributed by atoms with Crippen molar-refractivity contribution in [1.82, 2.24) is 0 Å². The van der Waals surface area contributed by atoms with Crippen LogP contribution in [-0.2, 0) is 9.59 Å². The van der Waals surface area contributed by atoms with Gasteiger partial charge in [0.2, 0.25) is 11.8 Å². The Hall–Kier alpha value is -2.47. The van der Waals surface area contributed by atoms with Gasteiger partial charge in [-0.1, -0.05) is 12.1 Å². The van der Waals surface area contributed by atoms with Gasteiger partial charge in [0.25, 0.3) is 0 Å². The highest BCUT2D eigenvalue weighted by Crippen LogP contribution is 2.35. The van der Waals surface area contributed by atoms with Gasteiger partial charge in [-0.25, -0.2) is 0 Å². The second-order valence-corrected chi connectivity index (χ2v) is 5.85. The van der Waals surface area contributed by atoms with Crippen molar-refractivity contribution in [2.24, 2.45) is 0 Å². The van der Waals surface area contributed by atoms with E-state index in [1.807, 2.05) is 24.3 Å². The summed E-state index contributed by atoms with van der Waals surface area (Å²) in [5, 5.41) is 4.69. The van der Waals surface area contributed by atoms with Crippen molar-refractivity contribution in [1.29, 1.82) is 0 Å². The van der Waals surface area contributed by atoms with Crippen molar-refractivity contribution < 1.29 is 14.3 Å². The molecule has 1 aliphatic rings. The second kappa shape index (κ2) is 6.11. The number of carbonyl (C=O) groups excluding carboxylic acids is 2. The minimum Gasteiger partial charge on any atom is -0.497 e. The van der Waals surface area contributed by atoms with Crippen molar-refractivity contribution in [2.75, 3.05) is 17.7 Å². The summed E-state index contributed by atoms with van der Waals surface area (Å²) < 4.78 is 5.07. The van der Waals surface area contributed by atoms with Crippen LogP contribution in [0.3, 0.4) is 0 Å².